The Labute approximate surface area is 650 Å². The number of nitrogens with one attached hydrogen (secondary N) is 7. The van der Waals surface area contributed by atoms with Gasteiger partial charge in [0.1, 0.15) is 83.4 Å². The number of thioether (sulfide) groups is 1. The fourth-order valence-electron chi connectivity index (χ4n) is 13.6. The monoisotopic (exact) mass is 1610 g/mol. The Balaban J connectivity index is 1.08. The molecule has 14 rings (SSSR count). The van der Waals surface area contributed by atoms with Gasteiger partial charge >= 0.3 is 5.97 Å². The average molecular weight is 1610 g/mol. The number of carboxylic acid groups (broad SMARTS) is 1. The van der Waals surface area contributed by atoms with E-state index in [1.807, 2.05) is 13.8 Å². The fourth-order valence-corrected chi connectivity index (χ4v) is 14.9. The number of aliphatic carboxylic acids is 1. The van der Waals surface area contributed by atoms with Crippen molar-refractivity contribution in [1.82, 2.24) is 47.4 Å². The van der Waals surface area contributed by atoms with E-state index in [0.717, 1.165) is 78.5 Å². The minimum atomic E-state index is -2.36. The summed E-state index contributed by atoms with van der Waals surface area (Å²) in [5, 5.41) is 130. The van der Waals surface area contributed by atoms with Crippen molar-refractivity contribution in [1.29, 1.82) is 0 Å². The molecule has 0 saturated carbocycles. The Hall–Kier alpha value is -10.5. The van der Waals surface area contributed by atoms with Crippen molar-refractivity contribution in [2.75, 3.05) is 12.8 Å². The van der Waals surface area contributed by atoms with Crippen LogP contribution >= 0.6 is 35.0 Å². The van der Waals surface area contributed by atoms with Gasteiger partial charge in [-0.1, -0.05) is 85.2 Å². The molecule has 2 fully saturated rings. The number of hydrogen-bond acceptors (Lipinski definition) is 28. The highest BCUT2D eigenvalue weighted by molar-refractivity contribution is 7.99. The Kier molecular flexibility index (Phi) is 24.2. The molecule has 594 valence electrons. The molecule has 112 heavy (non-hydrogen) atoms. The summed E-state index contributed by atoms with van der Waals surface area (Å²) < 4.78 is 45.6. The number of phenols is 3. The van der Waals surface area contributed by atoms with Gasteiger partial charge in [0, 0.05) is 46.0 Å². The lowest BCUT2D eigenvalue weighted by Gasteiger charge is -2.47. The summed E-state index contributed by atoms with van der Waals surface area (Å²) in [4.78, 5) is 118. The Morgan fingerprint density at radius 1 is 0.714 bits per heavy atom. The van der Waals surface area contributed by atoms with E-state index < -0.39 is 231 Å². The van der Waals surface area contributed by atoms with E-state index in [-0.39, 0.29) is 63.1 Å². The van der Waals surface area contributed by atoms with E-state index in [1.54, 1.807) is 30.3 Å². The maximum Gasteiger partial charge on any atom is 0.330 e. The van der Waals surface area contributed by atoms with Crippen molar-refractivity contribution in [3.05, 3.63) is 147 Å². The third-order valence-corrected chi connectivity index (χ3v) is 20.9. The van der Waals surface area contributed by atoms with E-state index in [2.05, 4.69) is 47.4 Å². The molecule has 0 spiro atoms. The minimum Gasteiger partial charge on any atom is -0.508 e. The Morgan fingerprint density at radius 2 is 1.35 bits per heavy atom. The SMILES string of the molecule is CN[C@H](CC(C)C)C(=O)N[C@H]1C(=O)N[C@@H](CC(N)=O)C(=O)NC2C(=O)N[C@H]3C(=O)NC(C(=O)N[C@H](C(=O)O)c4cc(O)cc(O)c4-c4cc3ccc4O)[C@H](O)c3ccc(c(Cl)c3)Oc3cc2cc(c3O[C@@H]2O[C@H](CSc3nnc(-c4ccccc4)o3)[C@@H](O)[C@H](O)[C@H]2O[C@H]2C[C@](C)(N)[C@H](O)[C@H](C)O2)Oc2ccc(cc2Cl)[C@H]1O. The van der Waals surface area contributed by atoms with Crippen LogP contribution in [0.1, 0.15) is 105 Å². The van der Waals surface area contributed by atoms with Gasteiger partial charge in [-0.25, -0.2) is 4.79 Å². The number of ether oxygens (including phenoxy) is 6. The summed E-state index contributed by atoms with van der Waals surface area (Å²) in [7, 11) is 1.48. The van der Waals surface area contributed by atoms with E-state index >= 15 is 14.4 Å². The lowest BCUT2D eigenvalue weighted by Crippen LogP contribution is -2.64. The third kappa shape index (κ3) is 17.4. The van der Waals surface area contributed by atoms with Gasteiger partial charge in [-0.2, -0.15) is 0 Å². The van der Waals surface area contributed by atoms with Crippen LogP contribution in [0.25, 0.3) is 22.6 Å². The number of amides is 7. The van der Waals surface area contributed by atoms with Crippen LogP contribution in [0.15, 0.2) is 119 Å². The van der Waals surface area contributed by atoms with E-state index in [4.69, 9.17) is 67.5 Å². The number of phenolic OH excluding ortho intramolecular Hbond substituents is 3. The number of hydrogen-bond donors (Lipinski definition) is 18. The van der Waals surface area contributed by atoms with Gasteiger partial charge in [0.2, 0.25) is 59.3 Å². The zero-order chi connectivity index (χ0) is 80.6. The summed E-state index contributed by atoms with van der Waals surface area (Å²) in [5.74, 6) is -16.1. The molecule has 6 aromatic carbocycles. The van der Waals surface area contributed by atoms with E-state index in [0.29, 0.717) is 5.56 Å². The maximum atomic E-state index is 16.2. The van der Waals surface area contributed by atoms with Crippen molar-refractivity contribution >= 4 is 82.3 Å². The van der Waals surface area contributed by atoms with Crippen molar-refractivity contribution in [2.24, 2.45) is 17.4 Å². The molecular formula is C74H79Cl2N11O24S. The standard InChI is InChI=1S/C74H79Cl2N11O24S/c1-28(2)17-40(79-5)64(97)84-55-57(92)32-12-15-44(38(75)19-32)106-46-21-34-22-47(61(46)110-72-62(109-50-26-74(4,78)63(96)29(3)105-50)60(95)59(94)48(108-72)27-112-73-87-86-70(111-73)30-9-7-6-8-10-30)107-45-16-13-33(20-39(45)76)58(93)56-69(102)83-54(71(103)104)37-23-35(88)24-43(90)51(37)36-18-31(11-14-42(36)89)52(66(99)85-56)82-67(100)53(34)81-65(98)41(25-49(77)91)80-68(55)101/h6-16,18-24,28-29,40-41,48,50,52-60,62-63,72,79,88-90,92-96H,17,25-27,78H2,1-5H3,(H2,77,91)(H,80,101)(H,81,98)(H,82,100)(H,83,102)(H,84,97)(H,85,99)(H,103,104)/t29-,40+,41-,48+,50-,52+,53?,54-,55+,56?,57+,58+,59+,60-,62+,63+,72-,74-/m0/s1. The normalized spacial score (nSPS) is 27.7. The number of rotatable bonds is 16. The van der Waals surface area contributed by atoms with Crippen LogP contribution in [0.4, 0.5) is 0 Å². The number of aliphatic hydroxyl groups is 5. The number of carboxylic acids is 1. The molecule has 7 aliphatic heterocycles. The highest BCUT2D eigenvalue weighted by atomic mass is 35.5. The van der Waals surface area contributed by atoms with Crippen LogP contribution in [0.2, 0.25) is 10.0 Å². The number of nitrogens with zero attached hydrogens (tertiary/aromatic N) is 2. The van der Waals surface area contributed by atoms with Gasteiger partial charge in [-0.05, 0) is 122 Å². The topological polar surface area (TPSA) is 549 Å². The number of likely N-dealkylation sites (N-methyl/N-ethyl adjacent to an activating group) is 1. The van der Waals surface area contributed by atoms with Gasteiger partial charge in [-0.3, -0.25) is 33.6 Å². The highest BCUT2D eigenvalue weighted by Gasteiger charge is 2.52. The number of primary amides is 1. The number of aromatic hydroxyl groups is 3. The van der Waals surface area contributed by atoms with Crippen LogP contribution in [-0.2, 0) is 52.6 Å². The zero-order valence-electron chi connectivity index (χ0n) is 60.0. The second-order valence-electron chi connectivity index (χ2n) is 28.1. The maximum absolute atomic E-state index is 16.2. The fraction of sp³-hybridized carbons (Fsp3) is 0.378. The molecule has 7 aliphatic rings. The molecule has 7 aromatic rings. The molecule has 0 aliphatic carbocycles. The number of halogens is 2. The molecule has 35 nitrogen and oxygen atoms in total. The van der Waals surface area contributed by atoms with Crippen molar-refractivity contribution in [3.63, 3.8) is 0 Å². The predicted molar refractivity (Wildman–Crippen MR) is 393 cm³/mol. The highest BCUT2D eigenvalue weighted by Crippen LogP contribution is 2.50. The summed E-state index contributed by atoms with van der Waals surface area (Å²) >= 11 is 15.2. The van der Waals surface area contributed by atoms with Crippen molar-refractivity contribution in [2.45, 2.75) is 161 Å². The average Bonchev–Trinajstić information content (AvgIpc) is 0.766. The molecule has 2 unspecified atom stereocenters. The molecule has 0 radical (unpaired) electrons. The second kappa shape index (κ2) is 33.5. The minimum absolute atomic E-state index is 0.0130. The van der Waals surface area contributed by atoms with Gasteiger partial charge in [0.05, 0.1) is 40.8 Å². The van der Waals surface area contributed by atoms with Crippen LogP contribution in [0.5, 0.6) is 46.0 Å². The third-order valence-electron chi connectivity index (χ3n) is 19.4. The largest absolute Gasteiger partial charge is 0.508 e. The Morgan fingerprint density at radius 3 is 1.97 bits per heavy atom. The second-order valence-corrected chi connectivity index (χ2v) is 29.9. The quantitative estimate of drug-likeness (QED) is 0.0618. The van der Waals surface area contributed by atoms with Gasteiger partial charge in [0.25, 0.3) is 5.22 Å². The van der Waals surface area contributed by atoms with Gasteiger partial charge in [-0.15, -0.1) is 10.2 Å². The molecule has 8 heterocycles. The van der Waals surface area contributed by atoms with Gasteiger partial charge in [0.15, 0.2) is 29.9 Å². The summed E-state index contributed by atoms with van der Waals surface area (Å²) in [6.07, 6.45) is -18.4. The number of fused-ring (bicyclic) bond motifs is 15. The van der Waals surface area contributed by atoms with Crippen LogP contribution in [0, 0.1) is 5.92 Å². The summed E-state index contributed by atoms with van der Waals surface area (Å²) in [6, 6.07) is 8.20. The first-order valence-corrected chi connectivity index (χ1v) is 36.8. The molecule has 1 aromatic heterocycles. The first kappa shape index (κ1) is 81.1. The predicted octanol–water partition coefficient (Wildman–Crippen LogP) is 2.96. The lowest BCUT2D eigenvalue weighted by molar-refractivity contribution is -0.329. The number of carbonyl (C=O) groups excluding carboxylic acids is 7. The number of benzene rings is 6. The van der Waals surface area contributed by atoms with Gasteiger partial charge < -0.3 is 127 Å². The number of aromatic nitrogens is 2. The smallest absolute Gasteiger partial charge is 0.330 e. The molecule has 11 bridgehead atoms. The first-order chi connectivity index (χ1) is 53.1. The number of carbonyl (C=O) groups is 8. The zero-order valence-corrected chi connectivity index (χ0v) is 62.3. The van der Waals surface area contributed by atoms with Crippen molar-refractivity contribution in [3.8, 4) is 68.6 Å². The molecule has 2 saturated heterocycles. The molecule has 38 heteroatoms. The van der Waals surface area contributed by atoms with Crippen LogP contribution in [-0.4, -0.2) is 195 Å². The molecule has 7 amide bonds. The summed E-state index contributed by atoms with van der Waals surface area (Å²) in [6.45, 7) is 6.68. The molecular weight excluding hydrogens is 1530 g/mol. The van der Waals surface area contributed by atoms with E-state index in [1.165, 1.54) is 33.0 Å². The van der Waals surface area contributed by atoms with Crippen LogP contribution in [0.3, 0.4) is 0 Å². The number of aliphatic hydroxyl groups excluding tert-OH is 5. The Bertz CT molecular complexity index is 4790. The van der Waals surface area contributed by atoms with E-state index in [9.17, 15) is 69.9 Å². The van der Waals surface area contributed by atoms with Crippen LogP contribution < -0.4 is 62.9 Å². The summed E-state index contributed by atoms with van der Waals surface area (Å²) in [5.41, 5.74) is 8.74. The first-order valence-electron chi connectivity index (χ1n) is 35.0. The lowest BCUT2D eigenvalue weighted by atomic mass is 9.86. The number of nitrogens with two attached hydrogens (primary N) is 2. The molecule has 20 N–H and O–H groups in total. The molecule has 18 atom stereocenters. The van der Waals surface area contributed by atoms with Crippen molar-refractivity contribution < 1.29 is 117 Å².